The van der Waals surface area contributed by atoms with Crippen molar-refractivity contribution in [2.75, 3.05) is 20.8 Å². The summed E-state index contributed by atoms with van der Waals surface area (Å²) in [5, 5.41) is 0. The number of likely N-dealkylation sites (N-methyl/N-ethyl adjacent to an activating group) is 1. The number of hydrogen-bond acceptors (Lipinski definition) is 3. The molecule has 1 unspecified atom stereocenters. The lowest BCUT2D eigenvalue weighted by Crippen LogP contribution is -2.47. The van der Waals surface area contributed by atoms with Crippen LogP contribution in [-0.2, 0) is 11.8 Å². The Hall–Kier alpha value is -2.50. The minimum Gasteiger partial charge on any atom is -0.372 e. The van der Waals surface area contributed by atoms with Crippen LogP contribution in [0.15, 0.2) is 53.5 Å². The number of benzene rings is 2. The van der Waals surface area contributed by atoms with E-state index >= 15 is 0 Å². The standard InChI is InChI=1S/C18H19N4O/c1-21-15-10-6-4-8-13(15)20-18(21)22(2)16-11-7-5-9-14(16)19-17(22)12-23-3/h4-11H,12H2,1-3H3/q+1. The highest BCUT2D eigenvalue weighted by atomic mass is 16.5. The summed E-state index contributed by atoms with van der Waals surface area (Å²) >= 11 is 0. The number of imidazole rings is 1. The van der Waals surface area contributed by atoms with E-state index in [4.69, 9.17) is 14.7 Å². The molecule has 0 aliphatic carbocycles. The molecule has 2 heterocycles. The van der Waals surface area contributed by atoms with Crippen molar-refractivity contribution in [1.29, 1.82) is 0 Å². The van der Waals surface area contributed by atoms with E-state index in [0.29, 0.717) is 11.1 Å². The Morgan fingerprint density at radius 3 is 2.61 bits per heavy atom. The third-order valence-electron chi connectivity index (χ3n) is 4.57. The molecule has 0 bridgehead atoms. The van der Waals surface area contributed by atoms with Crippen molar-refractivity contribution in [1.82, 2.24) is 14.0 Å². The minimum absolute atomic E-state index is 0.440. The van der Waals surface area contributed by atoms with Crippen molar-refractivity contribution in [3.8, 4) is 0 Å². The molecular weight excluding hydrogens is 288 g/mol. The Kier molecular flexibility index (Phi) is 3.07. The normalized spacial score (nSPS) is 19.9. The number of para-hydroxylation sites is 4. The second kappa shape index (κ2) is 5.01. The van der Waals surface area contributed by atoms with Crippen LogP contribution in [0, 0.1) is 0 Å². The fourth-order valence-electron chi connectivity index (χ4n) is 3.36. The summed E-state index contributed by atoms with van der Waals surface area (Å²) in [6.07, 6.45) is 0. The summed E-state index contributed by atoms with van der Waals surface area (Å²) in [6, 6.07) is 16.4. The van der Waals surface area contributed by atoms with Crippen molar-refractivity contribution in [2.24, 2.45) is 12.0 Å². The van der Waals surface area contributed by atoms with Gasteiger partial charge in [0.2, 0.25) is 5.84 Å². The minimum atomic E-state index is 0.440. The molecule has 5 heteroatoms. The van der Waals surface area contributed by atoms with Gasteiger partial charge in [-0.05, 0) is 18.2 Å². The molecule has 0 N–H and O–H groups in total. The second-order valence-electron chi connectivity index (χ2n) is 5.92. The molecule has 0 fully saturated rings. The van der Waals surface area contributed by atoms with Crippen LogP contribution >= 0.6 is 0 Å². The van der Waals surface area contributed by atoms with Gasteiger partial charge >= 0.3 is 5.95 Å². The smallest absolute Gasteiger partial charge is 0.321 e. The fraction of sp³-hybridized carbons (Fsp3) is 0.222. The van der Waals surface area contributed by atoms with Gasteiger partial charge in [-0.25, -0.2) is 0 Å². The molecule has 0 radical (unpaired) electrons. The summed E-state index contributed by atoms with van der Waals surface area (Å²) in [5.41, 5.74) is 4.21. The van der Waals surface area contributed by atoms with Crippen molar-refractivity contribution >= 4 is 34.2 Å². The average Bonchev–Trinajstić information content (AvgIpc) is 3.06. The number of aliphatic imine (C=N–C) groups is 1. The number of methoxy groups -OCH3 is 1. The fourth-order valence-corrected chi connectivity index (χ4v) is 3.36. The molecule has 5 nitrogen and oxygen atoms in total. The molecular formula is C18H19N4O+. The van der Waals surface area contributed by atoms with Gasteiger partial charge in [0, 0.05) is 20.2 Å². The van der Waals surface area contributed by atoms with E-state index in [9.17, 15) is 0 Å². The Balaban J connectivity index is 2.00. The van der Waals surface area contributed by atoms with Crippen molar-refractivity contribution < 1.29 is 4.74 Å². The summed E-state index contributed by atoms with van der Waals surface area (Å²) in [7, 11) is 5.88. The molecule has 1 aromatic heterocycles. The van der Waals surface area contributed by atoms with Gasteiger partial charge in [0.15, 0.2) is 5.69 Å². The number of aryl methyl sites for hydroxylation is 1. The molecule has 23 heavy (non-hydrogen) atoms. The van der Waals surface area contributed by atoms with Gasteiger partial charge in [-0.1, -0.05) is 24.3 Å². The van der Waals surface area contributed by atoms with Crippen LogP contribution in [-0.4, -0.2) is 36.2 Å². The molecule has 0 spiro atoms. The van der Waals surface area contributed by atoms with Crippen LogP contribution in [0.25, 0.3) is 11.0 Å². The van der Waals surface area contributed by atoms with Gasteiger partial charge in [-0.3, -0.25) is 4.57 Å². The van der Waals surface area contributed by atoms with Crippen LogP contribution in [0.5, 0.6) is 0 Å². The van der Waals surface area contributed by atoms with Crippen molar-refractivity contribution in [3.05, 3.63) is 48.5 Å². The molecule has 3 aromatic rings. The first-order valence-electron chi connectivity index (χ1n) is 7.61. The Morgan fingerprint density at radius 2 is 1.83 bits per heavy atom. The third kappa shape index (κ3) is 1.87. The van der Waals surface area contributed by atoms with Crippen LogP contribution < -0.4 is 4.48 Å². The van der Waals surface area contributed by atoms with Gasteiger partial charge in [0.1, 0.15) is 12.3 Å². The lowest BCUT2D eigenvalue weighted by atomic mass is 10.2. The molecule has 0 saturated carbocycles. The van der Waals surface area contributed by atoms with E-state index in [1.165, 1.54) is 0 Å². The first kappa shape index (κ1) is 14.1. The number of amidine groups is 1. The predicted octanol–water partition coefficient (Wildman–Crippen LogP) is 3.53. The maximum atomic E-state index is 5.40. The van der Waals surface area contributed by atoms with Gasteiger partial charge in [0.25, 0.3) is 0 Å². The summed E-state index contributed by atoms with van der Waals surface area (Å²) in [5.74, 6) is 1.87. The summed E-state index contributed by atoms with van der Waals surface area (Å²) < 4.78 is 7.99. The number of hydrogen-bond donors (Lipinski definition) is 0. The van der Waals surface area contributed by atoms with Gasteiger partial charge in [0.05, 0.1) is 18.1 Å². The average molecular weight is 307 g/mol. The number of quaternary nitrogens is 1. The van der Waals surface area contributed by atoms with Crippen LogP contribution in [0.3, 0.4) is 0 Å². The highest BCUT2D eigenvalue weighted by molar-refractivity contribution is 6.07. The van der Waals surface area contributed by atoms with Crippen molar-refractivity contribution in [3.63, 3.8) is 0 Å². The first-order chi connectivity index (χ1) is 11.2. The molecule has 1 aliphatic heterocycles. The van der Waals surface area contributed by atoms with Gasteiger partial charge in [-0.2, -0.15) is 14.5 Å². The second-order valence-corrected chi connectivity index (χ2v) is 5.92. The number of nitrogens with zero attached hydrogens (tertiary/aromatic N) is 4. The highest BCUT2D eigenvalue weighted by Gasteiger charge is 2.45. The zero-order chi connectivity index (χ0) is 16.0. The number of ether oxygens (including phenoxy) is 1. The van der Waals surface area contributed by atoms with E-state index in [1.807, 2.05) is 36.4 Å². The van der Waals surface area contributed by atoms with E-state index in [-0.39, 0.29) is 0 Å². The lowest BCUT2D eigenvalue weighted by Gasteiger charge is -2.28. The molecule has 0 saturated heterocycles. The number of rotatable bonds is 3. The van der Waals surface area contributed by atoms with Crippen LogP contribution in [0.4, 0.5) is 17.3 Å². The molecule has 4 rings (SSSR count). The molecule has 0 amide bonds. The van der Waals surface area contributed by atoms with E-state index in [2.05, 4.69) is 30.8 Å². The Morgan fingerprint density at radius 1 is 1.09 bits per heavy atom. The predicted molar refractivity (Wildman–Crippen MR) is 93.5 cm³/mol. The number of aromatic nitrogens is 2. The third-order valence-corrected chi connectivity index (χ3v) is 4.57. The molecule has 116 valence electrons. The zero-order valence-corrected chi connectivity index (χ0v) is 13.5. The molecule has 1 aliphatic rings. The van der Waals surface area contributed by atoms with Crippen molar-refractivity contribution in [2.45, 2.75) is 0 Å². The summed E-state index contributed by atoms with van der Waals surface area (Å²) in [6.45, 7) is 0.467. The maximum Gasteiger partial charge on any atom is 0.321 e. The van der Waals surface area contributed by atoms with Crippen LogP contribution in [0.2, 0.25) is 0 Å². The summed E-state index contributed by atoms with van der Waals surface area (Å²) in [4.78, 5) is 9.69. The van der Waals surface area contributed by atoms with Gasteiger partial charge in [-0.15, -0.1) is 0 Å². The topological polar surface area (TPSA) is 39.4 Å². The lowest BCUT2D eigenvalue weighted by molar-refractivity contribution is 0.238. The number of fused-ring (bicyclic) bond motifs is 2. The molecule has 2 aromatic carbocycles. The van der Waals surface area contributed by atoms with E-state index < -0.39 is 0 Å². The van der Waals surface area contributed by atoms with Gasteiger partial charge < -0.3 is 4.74 Å². The Labute approximate surface area is 135 Å². The van der Waals surface area contributed by atoms with E-state index in [0.717, 1.165) is 34.2 Å². The monoisotopic (exact) mass is 307 g/mol. The quantitative estimate of drug-likeness (QED) is 0.694. The largest absolute Gasteiger partial charge is 0.372 e. The Bertz CT molecular complexity index is 928. The van der Waals surface area contributed by atoms with E-state index in [1.54, 1.807) is 7.11 Å². The van der Waals surface area contributed by atoms with Crippen LogP contribution in [0.1, 0.15) is 0 Å². The first-order valence-corrected chi connectivity index (χ1v) is 7.61. The highest BCUT2D eigenvalue weighted by Crippen LogP contribution is 2.45. The molecule has 1 atom stereocenters. The SMILES string of the molecule is COCC1=Nc2ccccc2[N+]1(C)c1nc2ccccc2n1C. The zero-order valence-electron chi connectivity index (χ0n) is 13.5. The maximum absolute atomic E-state index is 5.40.